The van der Waals surface area contributed by atoms with Crippen molar-refractivity contribution >= 4 is 10.9 Å². The Morgan fingerprint density at radius 1 is 1.28 bits per heavy atom. The minimum Gasteiger partial charge on any atom is -0.317 e. The summed E-state index contributed by atoms with van der Waals surface area (Å²) in [6.45, 7) is 4.53. The summed E-state index contributed by atoms with van der Waals surface area (Å²) in [6.07, 6.45) is 2.18. The molecular weight excluding hydrogens is 222 g/mol. The van der Waals surface area contributed by atoms with Gasteiger partial charge in [-0.25, -0.2) is 0 Å². The molecule has 0 aliphatic rings. The van der Waals surface area contributed by atoms with Crippen LogP contribution in [0.1, 0.15) is 26.0 Å². The highest BCUT2D eigenvalue weighted by atomic mass is 15.3. The van der Waals surface area contributed by atoms with E-state index in [1.807, 2.05) is 18.8 Å². The third-order valence-corrected chi connectivity index (χ3v) is 3.44. The number of likely N-dealkylation sites (N-methyl/N-ethyl adjacent to an activating group) is 1. The molecule has 0 amide bonds. The number of aromatic nitrogens is 2. The first-order valence-corrected chi connectivity index (χ1v) is 6.69. The van der Waals surface area contributed by atoms with E-state index in [9.17, 15) is 0 Å². The molecule has 1 heterocycles. The van der Waals surface area contributed by atoms with Gasteiger partial charge in [0.25, 0.3) is 0 Å². The highest BCUT2D eigenvalue weighted by molar-refractivity contribution is 5.81. The molecule has 1 atom stereocenters. The maximum Gasteiger partial charge on any atom is 0.0718 e. The minimum atomic E-state index is 0.503. The molecule has 18 heavy (non-hydrogen) atoms. The fourth-order valence-electron chi connectivity index (χ4n) is 2.55. The molecule has 3 nitrogen and oxygen atoms in total. The van der Waals surface area contributed by atoms with Crippen molar-refractivity contribution in [2.75, 3.05) is 7.05 Å². The predicted octanol–water partition coefficient (Wildman–Crippen LogP) is 2.75. The summed E-state index contributed by atoms with van der Waals surface area (Å²) < 4.78 is 1.98. The Hall–Kier alpha value is -1.35. The Morgan fingerprint density at radius 3 is 2.67 bits per heavy atom. The van der Waals surface area contributed by atoms with Gasteiger partial charge in [-0.3, -0.25) is 4.68 Å². The molecule has 0 bridgehead atoms. The summed E-state index contributed by atoms with van der Waals surface area (Å²) in [5.41, 5.74) is 2.42. The van der Waals surface area contributed by atoms with Crippen LogP contribution in [0.15, 0.2) is 24.3 Å². The molecule has 0 saturated carbocycles. The highest BCUT2D eigenvalue weighted by Crippen LogP contribution is 2.20. The van der Waals surface area contributed by atoms with E-state index in [0.717, 1.165) is 6.42 Å². The maximum absolute atomic E-state index is 4.66. The van der Waals surface area contributed by atoms with Gasteiger partial charge in [0, 0.05) is 24.9 Å². The van der Waals surface area contributed by atoms with Crippen molar-refractivity contribution < 1.29 is 0 Å². The number of hydrogen-bond donors (Lipinski definition) is 1. The second-order valence-corrected chi connectivity index (χ2v) is 5.41. The number of fused-ring (bicyclic) bond motifs is 1. The molecule has 1 N–H and O–H groups in total. The quantitative estimate of drug-likeness (QED) is 0.878. The molecule has 2 rings (SSSR count). The zero-order valence-corrected chi connectivity index (χ0v) is 11.8. The lowest BCUT2D eigenvalue weighted by Crippen LogP contribution is -2.29. The van der Waals surface area contributed by atoms with Crippen LogP contribution in [-0.4, -0.2) is 22.9 Å². The third kappa shape index (κ3) is 2.72. The van der Waals surface area contributed by atoms with Gasteiger partial charge in [-0.1, -0.05) is 32.0 Å². The number of hydrogen-bond acceptors (Lipinski definition) is 2. The molecule has 3 heteroatoms. The third-order valence-electron chi connectivity index (χ3n) is 3.44. The molecule has 0 aliphatic heterocycles. The van der Waals surface area contributed by atoms with E-state index in [0.29, 0.717) is 12.0 Å². The van der Waals surface area contributed by atoms with Crippen LogP contribution < -0.4 is 5.32 Å². The Balaban J connectivity index is 2.25. The average molecular weight is 245 g/mol. The topological polar surface area (TPSA) is 29.9 Å². The lowest BCUT2D eigenvalue weighted by atomic mass is 9.99. The molecule has 1 unspecified atom stereocenters. The smallest absolute Gasteiger partial charge is 0.0718 e. The van der Waals surface area contributed by atoms with Crippen molar-refractivity contribution in [1.29, 1.82) is 0 Å². The molecule has 1 aromatic heterocycles. The molecular formula is C15H23N3. The molecule has 98 valence electrons. The molecule has 0 radical (unpaired) electrons. The minimum absolute atomic E-state index is 0.503. The van der Waals surface area contributed by atoms with E-state index in [-0.39, 0.29) is 0 Å². The van der Waals surface area contributed by atoms with Crippen LogP contribution in [0.2, 0.25) is 0 Å². The van der Waals surface area contributed by atoms with Crippen LogP contribution in [0.5, 0.6) is 0 Å². The molecule has 0 fully saturated rings. The molecule has 0 saturated heterocycles. The van der Waals surface area contributed by atoms with Gasteiger partial charge >= 0.3 is 0 Å². The summed E-state index contributed by atoms with van der Waals surface area (Å²) in [6, 6.07) is 8.95. The van der Waals surface area contributed by atoms with Crippen LogP contribution >= 0.6 is 0 Å². The molecule has 2 aromatic rings. The summed E-state index contributed by atoms with van der Waals surface area (Å²) in [7, 11) is 4.06. The summed E-state index contributed by atoms with van der Waals surface area (Å²) in [5, 5.41) is 9.35. The van der Waals surface area contributed by atoms with Gasteiger partial charge in [0.2, 0.25) is 0 Å². The fourth-order valence-corrected chi connectivity index (χ4v) is 2.55. The number of aryl methyl sites for hydroxylation is 1. The van der Waals surface area contributed by atoms with Gasteiger partial charge in [0.15, 0.2) is 0 Å². The Kier molecular flexibility index (Phi) is 4.02. The summed E-state index contributed by atoms with van der Waals surface area (Å²) in [5.74, 6) is 0.706. The van der Waals surface area contributed by atoms with E-state index in [4.69, 9.17) is 0 Å². The first-order valence-electron chi connectivity index (χ1n) is 6.69. The summed E-state index contributed by atoms with van der Waals surface area (Å²) in [4.78, 5) is 0. The average Bonchev–Trinajstić information content (AvgIpc) is 2.66. The van der Waals surface area contributed by atoms with E-state index in [1.165, 1.54) is 23.0 Å². The van der Waals surface area contributed by atoms with E-state index < -0.39 is 0 Å². The Bertz CT molecular complexity index is 513. The first kappa shape index (κ1) is 13.1. The zero-order valence-electron chi connectivity index (χ0n) is 11.8. The number of nitrogens with one attached hydrogen (secondary N) is 1. The maximum atomic E-state index is 4.66. The standard InChI is InChI=1S/C15H23N3/c1-11(2)9-12(16-3)10-14-13-7-5-6-8-15(13)18(4)17-14/h5-8,11-12,16H,9-10H2,1-4H3. The van der Waals surface area contributed by atoms with Crippen molar-refractivity contribution in [3.8, 4) is 0 Å². The second-order valence-electron chi connectivity index (χ2n) is 5.41. The molecule has 0 aliphatic carbocycles. The van der Waals surface area contributed by atoms with Crippen molar-refractivity contribution in [1.82, 2.24) is 15.1 Å². The van der Waals surface area contributed by atoms with E-state index >= 15 is 0 Å². The highest BCUT2D eigenvalue weighted by Gasteiger charge is 2.14. The normalized spacial score (nSPS) is 13.4. The van der Waals surface area contributed by atoms with Gasteiger partial charge in [0.1, 0.15) is 0 Å². The van der Waals surface area contributed by atoms with Crippen LogP contribution in [0.4, 0.5) is 0 Å². The lowest BCUT2D eigenvalue weighted by Gasteiger charge is -2.17. The fraction of sp³-hybridized carbons (Fsp3) is 0.533. The van der Waals surface area contributed by atoms with E-state index in [1.54, 1.807) is 0 Å². The van der Waals surface area contributed by atoms with Crippen molar-refractivity contribution in [2.24, 2.45) is 13.0 Å². The van der Waals surface area contributed by atoms with E-state index in [2.05, 4.69) is 48.5 Å². The van der Waals surface area contributed by atoms with Crippen molar-refractivity contribution in [3.63, 3.8) is 0 Å². The molecule has 0 spiro atoms. The second kappa shape index (κ2) is 5.53. The van der Waals surface area contributed by atoms with Gasteiger partial charge in [-0.2, -0.15) is 5.10 Å². The number of para-hydroxylation sites is 1. The number of nitrogens with zero attached hydrogens (tertiary/aromatic N) is 2. The van der Waals surface area contributed by atoms with Crippen LogP contribution in [0, 0.1) is 5.92 Å². The summed E-state index contributed by atoms with van der Waals surface area (Å²) >= 11 is 0. The van der Waals surface area contributed by atoms with Gasteiger partial charge in [0.05, 0.1) is 11.2 Å². The van der Waals surface area contributed by atoms with Crippen LogP contribution in [-0.2, 0) is 13.5 Å². The SMILES string of the molecule is CNC(Cc1nn(C)c2ccccc12)CC(C)C. The zero-order chi connectivity index (χ0) is 13.1. The van der Waals surface area contributed by atoms with Gasteiger partial charge < -0.3 is 5.32 Å². The van der Waals surface area contributed by atoms with Crippen molar-refractivity contribution in [3.05, 3.63) is 30.0 Å². The monoisotopic (exact) mass is 245 g/mol. The van der Waals surface area contributed by atoms with Crippen LogP contribution in [0.3, 0.4) is 0 Å². The van der Waals surface area contributed by atoms with Gasteiger partial charge in [-0.15, -0.1) is 0 Å². The van der Waals surface area contributed by atoms with Crippen molar-refractivity contribution in [2.45, 2.75) is 32.7 Å². The lowest BCUT2D eigenvalue weighted by molar-refractivity contribution is 0.437. The number of rotatable bonds is 5. The number of benzene rings is 1. The largest absolute Gasteiger partial charge is 0.317 e. The molecule has 1 aromatic carbocycles. The Morgan fingerprint density at radius 2 is 2.00 bits per heavy atom. The Labute approximate surface area is 109 Å². The first-order chi connectivity index (χ1) is 8.61. The predicted molar refractivity (Wildman–Crippen MR) is 76.7 cm³/mol. The van der Waals surface area contributed by atoms with Gasteiger partial charge in [-0.05, 0) is 25.5 Å². The van der Waals surface area contributed by atoms with Crippen LogP contribution in [0.25, 0.3) is 10.9 Å².